The number of aromatic nitrogens is 2. The maximum atomic E-state index is 11.6. The van der Waals surface area contributed by atoms with E-state index in [-0.39, 0.29) is 5.91 Å². The van der Waals surface area contributed by atoms with Crippen LogP contribution in [0.1, 0.15) is 51.2 Å². The number of amides is 1. The summed E-state index contributed by atoms with van der Waals surface area (Å²) in [6, 6.07) is 0. The van der Waals surface area contributed by atoms with Crippen LogP contribution in [0.2, 0.25) is 0 Å². The largest absolute Gasteiger partial charge is 0.444 e. The number of hydrogen-bond donors (Lipinski definition) is 1. The van der Waals surface area contributed by atoms with E-state index >= 15 is 0 Å². The van der Waals surface area contributed by atoms with Gasteiger partial charge in [0.25, 0.3) is 0 Å². The molecule has 1 aromatic heterocycles. The van der Waals surface area contributed by atoms with Crippen molar-refractivity contribution in [2.75, 3.05) is 6.54 Å². The van der Waals surface area contributed by atoms with Crippen molar-refractivity contribution in [2.24, 2.45) is 0 Å². The molecule has 20 heavy (non-hydrogen) atoms. The smallest absolute Gasteiger partial charge is 0.407 e. The van der Waals surface area contributed by atoms with Crippen LogP contribution in [0.25, 0.3) is 0 Å². The monoisotopic (exact) mass is 281 g/mol. The van der Waals surface area contributed by atoms with E-state index in [0.717, 1.165) is 19.3 Å². The zero-order chi connectivity index (χ0) is 15.0. The first kappa shape index (κ1) is 16.2. The number of nitrogens with one attached hydrogen (secondary N) is 1. The van der Waals surface area contributed by atoms with Gasteiger partial charge in [-0.15, -0.1) is 0 Å². The summed E-state index contributed by atoms with van der Waals surface area (Å²) < 4.78 is 6.60. The molecule has 0 aliphatic carbocycles. The van der Waals surface area contributed by atoms with Crippen LogP contribution in [-0.2, 0) is 4.74 Å². The van der Waals surface area contributed by atoms with Gasteiger partial charge in [-0.05, 0) is 33.6 Å². The first-order chi connectivity index (χ1) is 9.38. The molecule has 1 aromatic rings. The first-order valence-corrected chi connectivity index (χ1v) is 6.86. The minimum Gasteiger partial charge on any atom is -0.444 e. The van der Waals surface area contributed by atoms with Gasteiger partial charge in [0.2, 0.25) is 5.91 Å². The summed E-state index contributed by atoms with van der Waals surface area (Å²) in [5.41, 5.74) is -0.471. The number of hydrogen-bond acceptors (Lipinski definition) is 4. The van der Waals surface area contributed by atoms with Gasteiger partial charge in [-0.3, -0.25) is 9.36 Å². The average Bonchev–Trinajstić information content (AvgIpc) is 2.84. The van der Waals surface area contributed by atoms with Crippen LogP contribution in [0.3, 0.4) is 0 Å². The predicted octanol–water partition coefficient (Wildman–Crippen LogP) is 2.61. The zero-order valence-corrected chi connectivity index (χ0v) is 12.4. The third-order valence-corrected chi connectivity index (χ3v) is 2.53. The zero-order valence-electron chi connectivity index (χ0n) is 12.4. The Morgan fingerprint density at radius 1 is 1.25 bits per heavy atom. The molecule has 0 fully saturated rings. The highest BCUT2D eigenvalue weighted by molar-refractivity contribution is 5.78. The summed E-state index contributed by atoms with van der Waals surface area (Å²) in [6.45, 7) is 6.05. The quantitative estimate of drug-likeness (QED) is 0.813. The number of nitrogens with zero attached hydrogens (tertiary/aromatic N) is 2. The Hall–Kier alpha value is -1.85. The topological polar surface area (TPSA) is 73.2 Å². The fourth-order valence-corrected chi connectivity index (χ4v) is 1.62. The van der Waals surface area contributed by atoms with Gasteiger partial charge in [0.15, 0.2) is 0 Å². The van der Waals surface area contributed by atoms with E-state index in [4.69, 9.17) is 4.74 Å². The molecule has 6 heteroatoms. The maximum absolute atomic E-state index is 11.6. The van der Waals surface area contributed by atoms with E-state index in [1.807, 2.05) is 20.8 Å². The molecule has 0 aromatic carbocycles. The molecule has 0 saturated heterocycles. The number of imidazole rings is 1. The van der Waals surface area contributed by atoms with Crippen LogP contribution < -0.4 is 5.32 Å². The second-order valence-electron chi connectivity index (χ2n) is 5.60. The number of carbonyl (C=O) groups is 2. The summed E-state index contributed by atoms with van der Waals surface area (Å²) in [4.78, 5) is 26.8. The van der Waals surface area contributed by atoms with E-state index in [9.17, 15) is 9.59 Å². The molecule has 6 nitrogen and oxygen atoms in total. The number of ether oxygens (including phenoxy) is 1. The Labute approximate surface area is 119 Å². The highest BCUT2D eigenvalue weighted by atomic mass is 16.6. The molecule has 0 radical (unpaired) electrons. The number of rotatable bonds is 6. The van der Waals surface area contributed by atoms with Gasteiger partial charge in [-0.25, -0.2) is 9.78 Å². The van der Waals surface area contributed by atoms with Crippen LogP contribution in [-0.4, -0.2) is 33.7 Å². The third kappa shape index (κ3) is 6.92. The van der Waals surface area contributed by atoms with Crippen molar-refractivity contribution >= 4 is 12.0 Å². The fraction of sp³-hybridized carbons (Fsp3) is 0.643. The lowest BCUT2D eigenvalue weighted by molar-refractivity contribution is 0.0526. The van der Waals surface area contributed by atoms with E-state index in [1.54, 1.807) is 12.4 Å². The Balaban J connectivity index is 2.03. The van der Waals surface area contributed by atoms with Gasteiger partial charge in [0.1, 0.15) is 11.9 Å². The molecule has 112 valence electrons. The molecule has 0 unspecified atom stereocenters. The Bertz CT molecular complexity index is 421. The molecule has 0 aliphatic rings. The minimum atomic E-state index is -0.471. The van der Waals surface area contributed by atoms with Gasteiger partial charge in [-0.2, -0.15) is 0 Å². The van der Waals surface area contributed by atoms with Crippen molar-refractivity contribution in [1.29, 1.82) is 0 Å². The molecule has 0 saturated carbocycles. The van der Waals surface area contributed by atoms with Crippen molar-refractivity contribution in [3.05, 3.63) is 18.7 Å². The molecule has 1 heterocycles. The van der Waals surface area contributed by atoms with Crippen LogP contribution in [0.5, 0.6) is 0 Å². The second kappa shape index (κ2) is 7.67. The van der Waals surface area contributed by atoms with Crippen LogP contribution in [0, 0.1) is 0 Å². The summed E-state index contributed by atoms with van der Waals surface area (Å²) in [7, 11) is 0. The predicted molar refractivity (Wildman–Crippen MR) is 75.6 cm³/mol. The maximum Gasteiger partial charge on any atom is 0.407 e. The fourth-order valence-electron chi connectivity index (χ4n) is 1.62. The number of unbranched alkanes of at least 4 members (excludes halogenated alkanes) is 2. The van der Waals surface area contributed by atoms with Crippen LogP contribution in [0.15, 0.2) is 18.7 Å². The van der Waals surface area contributed by atoms with Gasteiger partial charge in [-0.1, -0.05) is 6.42 Å². The Morgan fingerprint density at radius 2 is 2.00 bits per heavy atom. The first-order valence-electron chi connectivity index (χ1n) is 6.86. The lowest BCUT2D eigenvalue weighted by Gasteiger charge is -2.19. The molecule has 1 N–H and O–H groups in total. The van der Waals surface area contributed by atoms with Gasteiger partial charge in [0.05, 0.1) is 0 Å². The van der Waals surface area contributed by atoms with E-state index in [0.29, 0.717) is 13.0 Å². The molecule has 0 spiro atoms. The standard InChI is InChI=1S/C14H23N3O3/c1-14(2,3)20-13(19)16-8-6-4-5-7-12(18)17-10-9-15-11-17/h9-11H,4-8H2,1-3H3,(H,16,19). The second-order valence-corrected chi connectivity index (χ2v) is 5.60. The van der Waals surface area contributed by atoms with Gasteiger partial charge in [0, 0.05) is 25.4 Å². The van der Waals surface area contributed by atoms with Crippen molar-refractivity contribution in [3.63, 3.8) is 0 Å². The molecule has 0 bridgehead atoms. The summed E-state index contributed by atoms with van der Waals surface area (Å²) in [5, 5.41) is 2.69. The summed E-state index contributed by atoms with van der Waals surface area (Å²) in [6.07, 6.45) is 7.34. The average molecular weight is 281 g/mol. The van der Waals surface area contributed by atoms with Crippen molar-refractivity contribution < 1.29 is 14.3 Å². The Kier molecular flexibility index (Phi) is 6.21. The van der Waals surface area contributed by atoms with Gasteiger partial charge >= 0.3 is 6.09 Å². The van der Waals surface area contributed by atoms with Gasteiger partial charge < -0.3 is 10.1 Å². The van der Waals surface area contributed by atoms with Crippen LogP contribution in [0.4, 0.5) is 4.79 Å². The lowest BCUT2D eigenvalue weighted by atomic mass is 10.2. The van der Waals surface area contributed by atoms with Crippen molar-refractivity contribution in [3.8, 4) is 0 Å². The third-order valence-electron chi connectivity index (χ3n) is 2.53. The van der Waals surface area contributed by atoms with E-state index in [1.165, 1.54) is 10.9 Å². The molecule has 1 amide bonds. The highest BCUT2D eigenvalue weighted by Gasteiger charge is 2.15. The van der Waals surface area contributed by atoms with E-state index < -0.39 is 11.7 Å². The normalized spacial score (nSPS) is 11.2. The number of alkyl carbamates (subject to hydrolysis) is 1. The lowest BCUT2D eigenvalue weighted by Crippen LogP contribution is -2.33. The van der Waals surface area contributed by atoms with Crippen LogP contribution >= 0.6 is 0 Å². The van der Waals surface area contributed by atoms with E-state index in [2.05, 4.69) is 10.3 Å². The molecule has 0 atom stereocenters. The van der Waals surface area contributed by atoms with Crippen molar-refractivity contribution in [1.82, 2.24) is 14.9 Å². The summed E-state index contributed by atoms with van der Waals surface area (Å²) in [5.74, 6) is 0.0441. The molecular formula is C14H23N3O3. The molecular weight excluding hydrogens is 258 g/mol. The van der Waals surface area contributed by atoms with Crippen molar-refractivity contribution in [2.45, 2.75) is 52.1 Å². The minimum absolute atomic E-state index is 0.0441. The summed E-state index contributed by atoms with van der Waals surface area (Å²) >= 11 is 0. The highest BCUT2D eigenvalue weighted by Crippen LogP contribution is 2.06. The molecule has 0 aliphatic heterocycles. The molecule has 1 rings (SSSR count). The Morgan fingerprint density at radius 3 is 2.60 bits per heavy atom. The SMILES string of the molecule is CC(C)(C)OC(=O)NCCCCCC(=O)n1ccnc1. The number of carbonyl (C=O) groups excluding carboxylic acids is 2.